The lowest BCUT2D eigenvalue weighted by Crippen LogP contribution is -2.60. The van der Waals surface area contributed by atoms with Crippen LogP contribution in [0.5, 0.6) is 0 Å². The second-order valence-corrected chi connectivity index (χ2v) is 13.7. The summed E-state index contributed by atoms with van der Waals surface area (Å²) in [5.74, 6) is 0.318. The Morgan fingerprint density at radius 3 is 2.32 bits per heavy atom. The van der Waals surface area contributed by atoms with Crippen molar-refractivity contribution in [3.05, 3.63) is 75.8 Å². The number of carbonyl (C=O) groups excluding carboxylic acids is 1. The van der Waals surface area contributed by atoms with E-state index in [9.17, 15) is 26.4 Å². The first-order chi connectivity index (χ1) is 19.4. The number of nitrogens with zero attached hydrogens (tertiary/aromatic N) is 2. The molecule has 1 amide bonds. The predicted molar refractivity (Wildman–Crippen MR) is 155 cm³/mol. The fourth-order valence-corrected chi connectivity index (χ4v) is 7.67. The standard InChI is InChI=1S/C29H37F3N4O3S2/c1-20(2)22-9-13-24(14-10-22)41(38,39)36-16-15-35(19-40-27-6-4-3-5-25(27)33)18-26(36)28(37)34-17-21-7-11-23(12-8-21)29(30,31)32/h7-14,20,26H,3-6,15-19,33H2,1-2H3,(H,34,37). The molecule has 1 aliphatic carbocycles. The lowest BCUT2D eigenvalue weighted by Gasteiger charge is -2.39. The highest BCUT2D eigenvalue weighted by atomic mass is 32.2. The van der Waals surface area contributed by atoms with Gasteiger partial charge in [0.25, 0.3) is 0 Å². The van der Waals surface area contributed by atoms with Gasteiger partial charge in [0.05, 0.1) is 10.5 Å². The summed E-state index contributed by atoms with van der Waals surface area (Å²) in [4.78, 5) is 16.8. The number of amides is 1. The molecule has 1 aliphatic heterocycles. The molecule has 12 heteroatoms. The van der Waals surface area contributed by atoms with E-state index < -0.39 is 33.7 Å². The van der Waals surface area contributed by atoms with E-state index in [4.69, 9.17) is 5.73 Å². The highest BCUT2D eigenvalue weighted by Crippen LogP contribution is 2.32. The Labute approximate surface area is 244 Å². The first kappa shape index (κ1) is 31.4. The van der Waals surface area contributed by atoms with Crippen molar-refractivity contribution in [1.82, 2.24) is 14.5 Å². The van der Waals surface area contributed by atoms with Gasteiger partial charge in [-0.2, -0.15) is 17.5 Å². The zero-order valence-corrected chi connectivity index (χ0v) is 24.9. The molecule has 41 heavy (non-hydrogen) atoms. The van der Waals surface area contributed by atoms with Gasteiger partial charge in [-0.05, 0) is 67.0 Å². The van der Waals surface area contributed by atoms with E-state index in [1.807, 2.05) is 13.8 Å². The van der Waals surface area contributed by atoms with Crippen LogP contribution in [0.4, 0.5) is 13.2 Å². The van der Waals surface area contributed by atoms with Crippen LogP contribution in [0.1, 0.15) is 62.1 Å². The van der Waals surface area contributed by atoms with Gasteiger partial charge in [0.2, 0.25) is 15.9 Å². The smallest absolute Gasteiger partial charge is 0.401 e. The number of sulfonamides is 1. The molecule has 3 N–H and O–H groups in total. The second kappa shape index (κ2) is 13.2. The van der Waals surface area contributed by atoms with Gasteiger partial charge < -0.3 is 11.1 Å². The topological polar surface area (TPSA) is 95.7 Å². The maximum absolute atomic E-state index is 13.7. The Bertz CT molecular complexity index is 1340. The Balaban J connectivity index is 1.51. The van der Waals surface area contributed by atoms with Gasteiger partial charge in [0.1, 0.15) is 6.04 Å². The van der Waals surface area contributed by atoms with Gasteiger partial charge in [-0.25, -0.2) is 8.42 Å². The van der Waals surface area contributed by atoms with Crippen LogP contribution in [-0.4, -0.2) is 55.1 Å². The summed E-state index contributed by atoms with van der Waals surface area (Å²) in [5, 5.41) is 2.75. The van der Waals surface area contributed by atoms with Crippen molar-refractivity contribution < 1.29 is 26.4 Å². The predicted octanol–water partition coefficient (Wildman–Crippen LogP) is 5.26. The number of thioether (sulfide) groups is 1. The summed E-state index contributed by atoms with van der Waals surface area (Å²) in [6, 6.07) is 10.2. The third-order valence-corrected chi connectivity index (χ3v) is 10.7. The molecular formula is C29H37F3N4O3S2. The van der Waals surface area contributed by atoms with Gasteiger partial charge in [0.15, 0.2) is 0 Å². The third-order valence-electron chi connectivity index (χ3n) is 7.50. The second-order valence-electron chi connectivity index (χ2n) is 10.8. The van der Waals surface area contributed by atoms with Gasteiger partial charge in [-0.1, -0.05) is 38.1 Å². The van der Waals surface area contributed by atoms with Crippen molar-refractivity contribution in [2.45, 2.75) is 69.1 Å². The molecule has 2 aliphatic rings. The maximum atomic E-state index is 13.7. The van der Waals surface area contributed by atoms with Crippen molar-refractivity contribution >= 4 is 27.7 Å². The molecule has 2 aromatic rings. The van der Waals surface area contributed by atoms with Crippen LogP contribution >= 0.6 is 11.8 Å². The number of halogens is 3. The molecule has 224 valence electrons. The van der Waals surface area contributed by atoms with Crippen LogP contribution in [0, 0.1) is 0 Å². The molecule has 0 radical (unpaired) electrons. The minimum absolute atomic E-state index is 0.0252. The fraction of sp³-hybridized carbons (Fsp3) is 0.483. The number of hydrogen-bond acceptors (Lipinski definition) is 6. The van der Waals surface area contributed by atoms with Crippen molar-refractivity contribution in [3.63, 3.8) is 0 Å². The molecule has 0 bridgehead atoms. The Hall–Kier alpha value is -2.54. The summed E-state index contributed by atoms with van der Waals surface area (Å²) in [6.45, 7) is 4.78. The van der Waals surface area contributed by atoms with Crippen LogP contribution in [0.25, 0.3) is 0 Å². The van der Waals surface area contributed by atoms with Crippen LogP contribution in [0.2, 0.25) is 0 Å². The number of allylic oxidation sites excluding steroid dienone is 2. The zero-order chi connectivity index (χ0) is 29.8. The average molecular weight is 611 g/mol. The molecule has 0 saturated carbocycles. The van der Waals surface area contributed by atoms with Gasteiger partial charge >= 0.3 is 6.18 Å². The molecule has 1 atom stereocenters. The van der Waals surface area contributed by atoms with E-state index >= 15 is 0 Å². The SMILES string of the molecule is CC(C)c1ccc(S(=O)(=O)N2CCN(CSC3=C(N)CCCC3)CC2C(=O)NCc2ccc(C(F)(F)F)cc2)cc1. The minimum atomic E-state index is -4.45. The normalized spacial score (nSPS) is 19.5. The molecule has 7 nitrogen and oxygen atoms in total. The van der Waals surface area contributed by atoms with Crippen molar-refractivity contribution in [3.8, 4) is 0 Å². The van der Waals surface area contributed by atoms with Crippen LogP contribution < -0.4 is 11.1 Å². The van der Waals surface area contributed by atoms with E-state index in [0.29, 0.717) is 18.0 Å². The van der Waals surface area contributed by atoms with Crippen molar-refractivity contribution in [2.24, 2.45) is 5.73 Å². The Morgan fingerprint density at radius 1 is 1.05 bits per heavy atom. The highest BCUT2D eigenvalue weighted by Gasteiger charge is 2.40. The number of benzene rings is 2. The number of hydrogen-bond donors (Lipinski definition) is 2. The molecule has 4 rings (SSSR count). The van der Waals surface area contributed by atoms with Crippen LogP contribution in [-0.2, 0) is 27.5 Å². The zero-order valence-electron chi connectivity index (χ0n) is 23.3. The molecule has 1 saturated heterocycles. The summed E-state index contributed by atoms with van der Waals surface area (Å²) < 4.78 is 67.5. The lowest BCUT2D eigenvalue weighted by atomic mass is 10.0. The number of nitrogens with one attached hydrogen (secondary N) is 1. The number of piperazine rings is 1. The minimum Gasteiger partial charge on any atom is -0.401 e. The first-order valence-corrected chi connectivity index (χ1v) is 16.2. The summed E-state index contributed by atoms with van der Waals surface area (Å²) in [5.41, 5.74) is 7.81. The van der Waals surface area contributed by atoms with E-state index in [1.54, 1.807) is 36.0 Å². The van der Waals surface area contributed by atoms with E-state index in [2.05, 4.69) is 10.2 Å². The van der Waals surface area contributed by atoms with Gasteiger partial charge in [-0.15, -0.1) is 11.8 Å². The third kappa shape index (κ3) is 7.85. The van der Waals surface area contributed by atoms with Crippen LogP contribution in [0.15, 0.2) is 64.0 Å². The number of alkyl halides is 3. The van der Waals surface area contributed by atoms with E-state index in [-0.39, 0.29) is 30.4 Å². The van der Waals surface area contributed by atoms with Gasteiger partial charge in [0, 0.05) is 42.7 Å². The molecule has 2 aromatic carbocycles. The number of carbonyl (C=O) groups is 1. The van der Waals surface area contributed by atoms with E-state index in [1.165, 1.54) is 16.4 Å². The molecular weight excluding hydrogens is 573 g/mol. The molecule has 1 unspecified atom stereocenters. The van der Waals surface area contributed by atoms with Crippen molar-refractivity contribution in [1.29, 1.82) is 0 Å². The van der Waals surface area contributed by atoms with E-state index in [0.717, 1.165) is 54.0 Å². The number of nitrogens with two attached hydrogens (primary N) is 1. The summed E-state index contributed by atoms with van der Waals surface area (Å²) >= 11 is 1.64. The fourth-order valence-electron chi connectivity index (χ4n) is 4.96. The average Bonchev–Trinajstić information content (AvgIpc) is 2.95. The van der Waals surface area contributed by atoms with Crippen molar-refractivity contribution in [2.75, 3.05) is 25.5 Å². The first-order valence-electron chi connectivity index (χ1n) is 13.7. The lowest BCUT2D eigenvalue weighted by molar-refractivity contribution is -0.137. The quantitative estimate of drug-likeness (QED) is 0.403. The molecule has 1 fully saturated rings. The molecule has 0 spiro atoms. The molecule has 1 heterocycles. The number of rotatable bonds is 9. The molecule has 0 aromatic heterocycles. The monoisotopic (exact) mass is 610 g/mol. The Kier molecular flexibility index (Phi) is 10.1. The summed E-state index contributed by atoms with van der Waals surface area (Å²) in [6.07, 6.45) is -0.496. The largest absolute Gasteiger partial charge is 0.416 e. The maximum Gasteiger partial charge on any atom is 0.416 e. The van der Waals surface area contributed by atoms with Crippen LogP contribution in [0.3, 0.4) is 0 Å². The highest BCUT2D eigenvalue weighted by molar-refractivity contribution is 8.03. The van der Waals surface area contributed by atoms with Gasteiger partial charge in [-0.3, -0.25) is 9.69 Å². The summed E-state index contributed by atoms with van der Waals surface area (Å²) in [7, 11) is -3.99. The Morgan fingerprint density at radius 2 is 1.71 bits per heavy atom.